The molecule has 12 aromatic rings. The van der Waals surface area contributed by atoms with E-state index in [9.17, 15) is 6.85 Å². The Morgan fingerprint density at radius 2 is 1.00 bits per heavy atom. The van der Waals surface area contributed by atoms with Gasteiger partial charge in [-0.2, -0.15) is 0 Å². The van der Waals surface area contributed by atoms with Crippen LogP contribution in [-0.4, -0.2) is 19.5 Å². The SMILES string of the molecule is [2H]c1c([2H])c([2H])c(-c2c([2H])c([2H])c3c(c2[2H])c2c([2H])c([2H])c([2H])c([2H])c2n3-c2ccc(-c3ccc4sc5ccccc5c4c3)cc2-c2nc(-c3ccccc3)nc(-c3cccc(-c4ccccc4)c3)n2)c([2H])c1[2H]. The third kappa shape index (κ3) is 6.26. The lowest BCUT2D eigenvalue weighted by atomic mass is 9.99. The van der Waals surface area contributed by atoms with Gasteiger partial charge in [-0.15, -0.1) is 11.3 Å². The number of hydrogen-bond donors (Lipinski definition) is 0. The van der Waals surface area contributed by atoms with Gasteiger partial charge in [0.2, 0.25) is 0 Å². The smallest absolute Gasteiger partial charge is 0.166 e. The number of para-hydroxylation sites is 1. The van der Waals surface area contributed by atoms with E-state index >= 15 is 0 Å². The Hall–Kier alpha value is -7.99. The highest BCUT2D eigenvalue weighted by molar-refractivity contribution is 7.25. The summed E-state index contributed by atoms with van der Waals surface area (Å²) >= 11 is 1.69. The van der Waals surface area contributed by atoms with Crippen LogP contribution in [-0.2, 0) is 0 Å². The Balaban J connectivity index is 1.21. The molecule has 0 atom stereocenters. The van der Waals surface area contributed by atoms with Crippen LogP contribution in [0.3, 0.4) is 0 Å². The summed E-state index contributed by atoms with van der Waals surface area (Å²) in [5.74, 6) is 0.812. The number of fused-ring (bicyclic) bond motifs is 6. The molecular weight excluding hydrogens is 773 g/mol. The zero-order valence-corrected chi connectivity index (χ0v) is 33.4. The molecule has 0 aliphatic rings. The number of thiophene rings is 1. The number of nitrogens with zero attached hydrogens (tertiary/aromatic N) is 4. The molecule has 0 saturated carbocycles. The van der Waals surface area contributed by atoms with Crippen LogP contribution in [0.1, 0.15) is 16.4 Å². The van der Waals surface area contributed by atoms with E-state index in [-0.39, 0.29) is 33.3 Å². The third-order valence-corrected chi connectivity index (χ3v) is 12.1. The second-order valence-corrected chi connectivity index (χ2v) is 15.8. The lowest BCUT2D eigenvalue weighted by Gasteiger charge is -2.16. The van der Waals surface area contributed by atoms with Gasteiger partial charge in [0.1, 0.15) is 0 Å². The molecule has 0 fully saturated rings. The summed E-state index contributed by atoms with van der Waals surface area (Å²) in [7, 11) is 0. The zero-order valence-electron chi connectivity index (χ0n) is 44.6. The summed E-state index contributed by atoms with van der Waals surface area (Å²) in [6, 6.07) is 39.5. The van der Waals surface area contributed by atoms with E-state index in [0.717, 1.165) is 42.4 Å². The summed E-state index contributed by atoms with van der Waals surface area (Å²) < 4.78 is 112. The topological polar surface area (TPSA) is 43.6 Å². The lowest BCUT2D eigenvalue weighted by Crippen LogP contribution is -2.04. The van der Waals surface area contributed by atoms with E-state index in [1.165, 1.54) is 4.57 Å². The fourth-order valence-corrected chi connectivity index (χ4v) is 9.15. The molecule has 0 N–H and O–H groups in total. The number of aromatic nitrogens is 4. The minimum Gasteiger partial charge on any atom is -0.309 e. The van der Waals surface area contributed by atoms with Crippen molar-refractivity contribution in [3.63, 3.8) is 0 Å². The molecule has 0 amide bonds. The monoisotopic (exact) mass is 820 g/mol. The molecule has 9 aromatic carbocycles. The van der Waals surface area contributed by atoms with Crippen molar-refractivity contribution in [2.24, 2.45) is 0 Å². The molecular formula is C57H36N4S. The number of benzene rings is 9. The Morgan fingerprint density at radius 1 is 0.371 bits per heavy atom. The molecule has 290 valence electrons. The van der Waals surface area contributed by atoms with E-state index in [1.807, 2.05) is 115 Å². The van der Waals surface area contributed by atoms with Gasteiger partial charge in [-0.25, -0.2) is 15.0 Å². The van der Waals surface area contributed by atoms with Crippen molar-refractivity contribution in [1.82, 2.24) is 19.5 Å². The molecule has 0 unspecified atom stereocenters. The predicted octanol–water partition coefficient (Wildman–Crippen LogP) is 15.3. The maximum atomic E-state index is 9.81. The summed E-state index contributed by atoms with van der Waals surface area (Å²) in [5, 5.41) is 1.81. The van der Waals surface area contributed by atoms with Gasteiger partial charge in [-0.3, -0.25) is 0 Å². The van der Waals surface area contributed by atoms with Crippen LogP contribution in [0.5, 0.6) is 0 Å². The van der Waals surface area contributed by atoms with Crippen molar-refractivity contribution in [3.05, 3.63) is 218 Å². The summed E-state index contributed by atoms with van der Waals surface area (Å²) in [6.45, 7) is 0. The van der Waals surface area contributed by atoms with Crippen molar-refractivity contribution < 1.29 is 16.4 Å². The molecule has 5 heteroatoms. The number of hydrogen-bond acceptors (Lipinski definition) is 4. The van der Waals surface area contributed by atoms with Crippen molar-refractivity contribution >= 4 is 53.3 Å². The van der Waals surface area contributed by atoms with Gasteiger partial charge in [-0.1, -0.05) is 164 Å². The van der Waals surface area contributed by atoms with Crippen molar-refractivity contribution in [2.45, 2.75) is 0 Å². The summed E-state index contributed by atoms with van der Waals surface area (Å²) in [5.41, 5.74) is 4.21. The van der Waals surface area contributed by atoms with Crippen LogP contribution < -0.4 is 0 Å². The quantitative estimate of drug-likeness (QED) is 0.161. The second-order valence-electron chi connectivity index (χ2n) is 14.7. The van der Waals surface area contributed by atoms with Gasteiger partial charge in [0.05, 0.1) is 33.2 Å². The zero-order chi connectivity index (χ0) is 51.4. The van der Waals surface area contributed by atoms with E-state index < -0.39 is 83.6 Å². The molecule has 0 spiro atoms. The van der Waals surface area contributed by atoms with Crippen molar-refractivity contribution in [1.29, 1.82) is 0 Å². The number of rotatable bonds is 7. The first-order valence-corrected chi connectivity index (χ1v) is 20.7. The Bertz CT molecular complexity index is 4320. The molecule has 0 radical (unpaired) electrons. The van der Waals surface area contributed by atoms with Crippen molar-refractivity contribution in [2.75, 3.05) is 0 Å². The average Bonchev–Trinajstić information content (AvgIpc) is 4.01. The molecule has 3 heterocycles. The highest BCUT2D eigenvalue weighted by Crippen LogP contribution is 2.41. The molecule has 62 heavy (non-hydrogen) atoms. The van der Waals surface area contributed by atoms with Crippen LogP contribution in [0.25, 0.3) is 115 Å². The van der Waals surface area contributed by atoms with Gasteiger partial charge in [0.25, 0.3) is 0 Å². The summed E-state index contributed by atoms with van der Waals surface area (Å²) in [6.07, 6.45) is 0. The fourth-order valence-electron chi connectivity index (χ4n) is 8.06. The van der Waals surface area contributed by atoms with Crippen LogP contribution in [0.15, 0.2) is 218 Å². The summed E-state index contributed by atoms with van der Waals surface area (Å²) in [4.78, 5) is 15.4. The van der Waals surface area contributed by atoms with Gasteiger partial charge in [-0.05, 0) is 87.9 Å². The first-order valence-electron chi connectivity index (χ1n) is 25.9. The van der Waals surface area contributed by atoms with E-state index in [2.05, 4.69) is 24.3 Å². The molecule has 4 nitrogen and oxygen atoms in total. The maximum Gasteiger partial charge on any atom is 0.166 e. The maximum absolute atomic E-state index is 9.81. The molecule has 0 aliphatic carbocycles. The van der Waals surface area contributed by atoms with Gasteiger partial charge < -0.3 is 4.57 Å². The molecule has 0 saturated heterocycles. The van der Waals surface area contributed by atoms with E-state index in [0.29, 0.717) is 28.3 Å². The van der Waals surface area contributed by atoms with Gasteiger partial charge in [0.15, 0.2) is 17.5 Å². The first kappa shape index (κ1) is 25.6. The lowest BCUT2D eigenvalue weighted by molar-refractivity contribution is 1.06. The van der Waals surface area contributed by atoms with Crippen LogP contribution in [0, 0.1) is 0 Å². The van der Waals surface area contributed by atoms with Crippen LogP contribution in [0.4, 0.5) is 0 Å². The highest BCUT2D eigenvalue weighted by atomic mass is 32.1. The average molecular weight is 821 g/mol. The fraction of sp³-hybridized carbons (Fsp3) is 0. The van der Waals surface area contributed by atoms with Gasteiger partial charge in [0, 0.05) is 47.6 Å². The molecule has 0 bridgehead atoms. The largest absolute Gasteiger partial charge is 0.309 e. The standard InChI is InChI=1S/C57H36N4S/c1-4-15-37(16-5-1)40-21-14-22-44(33-40)56-58-55(39-19-8-3-9-20-39)59-57(60-56)49-36-42(43-29-32-54-48(35-43)46-24-11-13-26-53(46)62-54)28-31-52(49)61-50-25-12-10-23-45(50)47-34-41(27-30-51(47)61)38-17-6-2-7-18-38/h1-36H/i2D,6D,7D,10D,12D,17D,18D,23D,25D,27D,30D,34D. The minimum absolute atomic E-state index is 0.126. The first-order chi connectivity index (χ1) is 35.7. The third-order valence-electron chi connectivity index (χ3n) is 11.0. The molecule has 12 rings (SSSR count). The molecule has 3 aromatic heterocycles. The Kier molecular flexibility index (Phi) is 6.16. The minimum atomic E-state index is -0.703. The highest BCUT2D eigenvalue weighted by Gasteiger charge is 2.21. The van der Waals surface area contributed by atoms with E-state index in [4.69, 9.17) is 24.5 Å². The predicted molar refractivity (Wildman–Crippen MR) is 260 cm³/mol. The molecule has 0 aliphatic heterocycles. The normalized spacial score (nSPS) is 14.3. The van der Waals surface area contributed by atoms with Crippen LogP contribution >= 0.6 is 11.3 Å². The van der Waals surface area contributed by atoms with Crippen molar-refractivity contribution in [3.8, 4) is 73.2 Å². The Morgan fingerprint density at radius 3 is 1.85 bits per heavy atom. The second kappa shape index (κ2) is 14.9. The van der Waals surface area contributed by atoms with Gasteiger partial charge >= 0.3 is 0 Å². The Labute approximate surface area is 379 Å². The van der Waals surface area contributed by atoms with E-state index in [1.54, 1.807) is 17.4 Å². The van der Waals surface area contributed by atoms with Crippen LogP contribution in [0.2, 0.25) is 0 Å².